The van der Waals surface area contributed by atoms with Gasteiger partial charge < -0.3 is 9.47 Å². The van der Waals surface area contributed by atoms with Crippen molar-refractivity contribution in [3.05, 3.63) is 35.9 Å². The Kier molecular flexibility index (Phi) is 10.1. The molecule has 0 saturated carbocycles. The largest absolute Gasteiger partial charge is 0.341 e. The minimum absolute atomic E-state index is 0.667. The Morgan fingerprint density at radius 2 is 1.45 bits per heavy atom. The lowest BCUT2D eigenvalue weighted by atomic mass is 10.1. The molecule has 1 N–H and O–H groups in total. The van der Waals surface area contributed by atoms with Crippen LogP contribution in [0.15, 0.2) is 30.3 Å². The maximum Gasteiger partial charge on any atom is 0.227 e. The quantitative estimate of drug-likeness (QED) is 0.417. The van der Waals surface area contributed by atoms with Gasteiger partial charge in [0.15, 0.2) is 0 Å². The SMILES string of the molecule is CCCCCCCCCC(NCc1ccccc1)(OC)OC. The molecule has 3 heteroatoms. The molecule has 0 amide bonds. The van der Waals surface area contributed by atoms with E-state index in [1.807, 2.05) is 6.07 Å². The van der Waals surface area contributed by atoms with Crippen molar-refractivity contribution in [2.75, 3.05) is 14.2 Å². The molecule has 126 valence electrons. The normalized spacial score (nSPS) is 11.8. The van der Waals surface area contributed by atoms with E-state index in [4.69, 9.17) is 9.47 Å². The van der Waals surface area contributed by atoms with Crippen LogP contribution in [0, 0.1) is 0 Å². The van der Waals surface area contributed by atoms with Crippen molar-refractivity contribution in [3.63, 3.8) is 0 Å². The Balaban J connectivity index is 2.29. The Bertz CT molecular complexity index is 363. The number of ether oxygens (including phenoxy) is 2. The predicted octanol–water partition coefficient (Wildman–Crippen LogP) is 4.86. The van der Waals surface area contributed by atoms with Gasteiger partial charge in [0.2, 0.25) is 5.91 Å². The van der Waals surface area contributed by atoms with Gasteiger partial charge in [-0.15, -0.1) is 0 Å². The van der Waals surface area contributed by atoms with E-state index in [1.165, 1.54) is 44.1 Å². The Morgan fingerprint density at radius 3 is 2.05 bits per heavy atom. The van der Waals surface area contributed by atoms with Crippen molar-refractivity contribution in [2.45, 2.75) is 70.7 Å². The number of rotatable bonds is 13. The van der Waals surface area contributed by atoms with E-state index < -0.39 is 5.91 Å². The minimum Gasteiger partial charge on any atom is -0.341 e. The van der Waals surface area contributed by atoms with Crippen molar-refractivity contribution >= 4 is 0 Å². The van der Waals surface area contributed by atoms with Gasteiger partial charge in [0.25, 0.3) is 0 Å². The van der Waals surface area contributed by atoms with Crippen molar-refractivity contribution < 1.29 is 9.47 Å². The number of nitrogens with one attached hydrogen (secondary N) is 1. The molecule has 0 saturated heterocycles. The van der Waals surface area contributed by atoms with Gasteiger partial charge in [-0.3, -0.25) is 5.32 Å². The highest BCUT2D eigenvalue weighted by atomic mass is 16.7. The van der Waals surface area contributed by atoms with E-state index in [0.29, 0.717) is 0 Å². The van der Waals surface area contributed by atoms with Crippen molar-refractivity contribution in [2.24, 2.45) is 0 Å². The third kappa shape index (κ3) is 7.39. The van der Waals surface area contributed by atoms with Gasteiger partial charge in [-0.25, -0.2) is 0 Å². The molecule has 0 aliphatic carbocycles. The minimum atomic E-state index is -0.667. The molecule has 0 aliphatic heterocycles. The number of hydrogen-bond acceptors (Lipinski definition) is 3. The first-order valence-corrected chi connectivity index (χ1v) is 8.65. The fourth-order valence-electron chi connectivity index (χ4n) is 2.67. The summed E-state index contributed by atoms with van der Waals surface area (Å²) in [5.41, 5.74) is 1.24. The fraction of sp³-hybridized carbons (Fsp3) is 0.684. The fourth-order valence-corrected chi connectivity index (χ4v) is 2.67. The molecule has 0 aromatic heterocycles. The molecule has 1 aromatic rings. The van der Waals surface area contributed by atoms with Gasteiger partial charge in [0.05, 0.1) is 0 Å². The third-order valence-corrected chi connectivity index (χ3v) is 4.17. The highest BCUT2D eigenvalue weighted by Gasteiger charge is 2.28. The Morgan fingerprint density at radius 1 is 0.864 bits per heavy atom. The van der Waals surface area contributed by atoms with E-state index in [9.17, 15) is 0 Å². The summed E-state index contributed by atoms with van der Waals surface area (Å²) in [6, 6.07) is 10.3. The average Bonchev–Trinajstić information content (AvgIpc) is 2.58. The molecule has 1 rings (SSSR count). The molecule has 0 radical (unpaired) electrons. The molecule has 1 aromatic carbocycles. The van der Waals surface area contributed by atoms with Crippen LogP contribution in [-0.4, -0.2) is 20.1 Å². The molecule has 0 unspecified atom stereocenters. The van der Waals surface area contributed by atoms with Crippen LogP contribution in [0.3, 0.4) is 0 Å². The van der Waals surface area contributed by atoms with Crippen LogP contribution in [0.25, 0.3) is 0 Å². The van der Waals surface area contributed by atoms with E-state index in [1.54, 1.807) is 14.2 Å². The van der Waals surface area contributed by atoms with Crippen LogP contribution in [0.5, 0.6) is 0 Å². The summed E-state index contributed by atoms with van der Waals surface area (Å²) in [5, 5.41) is 3.42. The zero-order valence-corrected chi connectivity index (χ0v) is 14.6. The second-order valence-corrected chi connectivity index (χ2v) is 5.87. The van der Waals surface area contributed by atoms with E-state index in [0.717, 1.165) is 19.4 Å². The predicted molar refractivity (Wildman–Crippen MR) is 92.6 cm³/mol. The van der Waals surface area contributed by atoms with Gasteiger partial charge in [0.1, 0.15) is 0 Å². The summed E-state index contributed by atoms with van der Waals surface area (Å²) in [4.78, 5) is 0. The van der Waals surface area contributed by atoms with Crippen molar-refractivity contribution in [1.29, 1.82) is 0 Å². The first kappa shape index (κ1) is 19.1. The lowest BCUT2D eigenvalue weighted by Gasteiger charge is -2.32. The number of unbranched alkanes of at least 4 members (excludes halogenated alkanes) is 6. The third-order valence-electron chi connectivity index (χ3n) is 4.17. The van der Waals surface area contributed by atoms with Crippen LogP contribution < -0.4 is 5.32 Å². The van der Waals surface area contributed by atoms with Crippen molar-refractivity contribution in [3.8, 4) is 0 Å². The van der Waals surface area contributed by atoms with Gasteiger partial charge in [-0.2, -0.15) is 0 Å². The maximum atomic E-state index is 5.62. The lowest BCUT2D eigenvalue weighted by Crippen LogP contribution is -2.48. The van der Waals surface area contributed by atoms with E-state index >= 15 is 0 Å². The zero-order chi connectivity index (χ0) is 16.1. The monoisotopic (exact) mass is 307 g/mol. The topological polar surface area (TPSA) is 30.5 Å². The first-order chi connectivity index (χ1) is 10.8. The second kappa shape index (κ2) is 11.6. The van der Waals surface area contributed by atoms with E-state index in [-0.39, 0.29) is 0 Å². The van der Waals surface area contributed by atoms with Gasteiger partial charge in [-0.05, 0) is 12.0 Å². The second-order valence-electron chi connectivity index (χ2n) is 5.87. The highest BCUT2D eigenvalue weighted by molar-refractivity contribution is 5.14. The molecule has 0 spiro atoms. The standard InChI is InChI=1S/C19H33NO2/c1-4-5-6-7-8-9-13-16-19(21-2,22-3)20-17-18-14-11-10-12-15-18/h10-12,14-15,20H,4-9,13,16-17H2,1-3H3. The van der Waals surface area contributed by atoms with Crippen LogP contribution in [-0.2, 0) is 16.0 Å². The molecule has 3 nitrogen and oxygen atoms in total. The van der Waals surface area contributed by atoms with E-state index in [2.05, 4.69) is 36.5 Å². The molecule has 0 bridgehead atoms. The number of benzene rings is 1. The van der Waals surface area contributed by atoms with Gasteiger partial charge >= 0.3 is 0 Å². The van der Waals surface area contributed by atoms with Crippen molar-refractivity contribution in [1.82, 2.24) is 5.32 Å². The Hall–Kier alpha value is -0.900. The summed E-state index contributed by atoms with van der Waals surface area (Å²) in [6.07, 6.45) is 9.92. The molecule has 0 atom stereocenters. The average molecular weight is 307 g/mol. The lowest BCUT2D eigenvalue weighted by molar-refractivity contribution is -0.233. The first-order valence-electron chi connectivity index (χ1n) is 8.65. The summed E-state index contributed by atoms with van der Waals surface area (Å²) in [5.74, 6) is -0.667. The zero-order valence-electron chi connectivity index (χ0n) is 14.6. The number of methoxy groups -OCH3 is 2. The van der Waals surface area contributed by atoms with Crippen LogP contribution in [0.4, 0.5) is 0 Å². The van der Waals surface area contributed by atoms with Gasteiger partial charge in [-0.1, -0.05) is 75.8 Å². The van der Waals surface area contributed by atoms with Crippen LogP contribution in [0.2, 0.25) is 0 Å². The molecular weight excluding hydrogens is 274 g/mol. The molecule has 22 heavy (non-hydrogen) atoms. The smallest absolute Gasteiger partial charge is 0.227 e. The van der Waals surface area contributed by atoms with Crippen LogP contribution in [0.1, 0.15) is 63.9 Å². The van der Waals surface area contributed by atoms with Crippen LogP contribution >= 0.6 is 0 Å². The number of hydrogen-bond donors (Lipinski definition) is 1. The van der Waals surface area contributed by atoms with Gasteiger partial charge in [0, 0.05) is 27.2 Å². The summed E-state index contributed by atoms with van der Waals surface area (Å²) < 4.78 is 11.2. The summed E-state index contributed by atoms with van der Waals surface area (Å²) in [6.45, 7) is 3.00. The summed E-state index contributed by atoms with van der Waals surface area (Å²) in [7, 11) is 3.42. The highest BCUT2D eigenvalue weighted by Crippen LogP contribution is 2.19. The molecular formula is C19H33NO2. The molecule has 0 heterocycles. The summed E-state index contributed by atoms with van der Waals surface area (Å²) >= 11 is 0. The Labute approximate surface area is 136 Å². The molecule has 0 fully saturated rings. The maximum absolute atomic E-state index is 5.62. The molecule has 0 aliphatic rings.